The molecule has 0 radical (unpaired) electrons. The van der Waals surface area contributed by atoms with Crippen molar-refractivity contribution in [2.45, 2.75) is 6.61 Å². The summed E-state index contributed by atoms with van der Waals surface area (Å²) in [5.41, 5.74) is 7.25. The van der Waals surface area contributed by atoms with E-state index in [2.05, 4.69) is 0 Å². The molecule has 0 aliphatic carbocycles. The number of rotatable bonds is 3. The van der Waals surface area contributed by atoms with Crippen molar-refractivity contribution >= 4 is 28.9 Å². The Morgan fingerprint density at radius 1 is 1.00 bits per heavy atom. The van der Waals surface area contributed by atoms with E-state index in [1.165, 1.54) is 0 Å². The third-order valence-electron chi connectivity index (χ3n) is 2.26. The molecule has 2 aromatic rings. The van der Waals surface area contributed by atoms with E-state index in [1.807, 2.05) is 24.3 Å². The summed E-state index contributed by atoms with van der Waals surface area (Å²) in [6.07, 6.45) is 0. The highest BCUT2D eigenvalue weighted by atomic mass is 35.5. The van der Waals surface area contributed by atoms with Gasteiger partial charge in [0.05, 0.1) is 5.02 Å². The molecule has 0 saturated carbocycles. The summed E-state index contributed by atoms with van der Waals surface area (Å²) in [7, 11) is 0. The molecule has 0 aliphatic heterocycles. The van der Waals surface area contributed by atoms with Crippen LogP contribution < -0.4 is 10.5 Å². The predicted octanol–water partition coefficient (Wildman–Crippen LogP) is 4.15. The molecule has 0 fully saturated rings. The second-order valence-electron chi connectivity index (χ2n) is 3.61. The normalized spacial score (nSPS) is 10.2. The SMILES string of the molecule is Nc1ccc(OCc2ccc(Cl)cc2)c(Cl)c1. The maximum atomic E-state index is 5.99. The molecule has 2 aromatic carbocycles. The topological polar surface area (TPSA) is 35.2 Å². The van der Waals surface area contributed by atoms with Crippen molar-refractivity contribution in [2.75, 3.05) is 5.73 Å². The van der Waals surface area contributed by atoms with Gasteiger partial charge in [0.15, 0.2) is 0 Å². The molecule has 0 unspecified atom stereocenters. The second-order valence-corrected chi connectivity index (χ2v) is 4.45. The summed E-state index contributed by atoms with van der Waals surface area (Å²) < 4.78 is 5.59. The Balaban J connectivity index is 2.04. The minimum Gasteiger partial charge on any atom is -0.487 e. The number of hydrogen-bond donors (Lipinski definition) is 1. The smallest absolute Gasteiger partial charge is 0.138 e. The molecule has 17 heavy (non-hydrogen) atoms. The fourth-order valence-corrected chi connectivity index (χ4v) is 1.75. The van der Waals surface area contributed by atoms with E-state index in [0.717, 1.165) is 5.56 Å². The lowest BCUT2D eigenvalue weighted by molar-refractivity contribution is 0.306. The summed E-state index contributed by atoms with van der Waals surface area (Å²) in [6.45, 7) is 0.445. The number of nitrogen functional groups attached to an aromatic ring is 1. The molecule has 0 spiro atoms. The summed E-state index contributed by atoms with van der Waals surface area (Å²) in [4.78, 5) is 0. The Hall–Kier alpha value is -1.38. The van der Waals surface area contributed by atoms with Crippen LogP contribution in [0.1, 0.15) is 5.56 Å². The molecule has 0 aromatic heterocycles. The fraction of sp³-hybridized carbons (Fsp3) is 0.0769. The van der Waals surface area contributed by atoms with Crippen molar-refractivity contribution in [2.24, 2.45) is 0 Å². The van der Waals surface area contributed by atoms with Gasteiger partial charge in [0, 0.05) is 10.7 Å². The van der Waals surface area contributed by atoms with Crippen molar-refractivity contribution < 1.29 is 4.74 Å². The van der Waals surface area contributed by atoms with Gasteiger partial charge in [-0.3, -0.25) is 0 Å². The molecular formula is C13H11Cl2NO. The molecule has 0 amide bonds. The maximum Gasteiger partial charge on any atom is 0.138 e. The molecule has 2 N–H and O–H groups in total. The van der Waals surface area contributed by atoms with Gasteiger partial charge in [-0.15, -0.1) is 0 Å². The van der Waals surface area contributed by atoms with Gasteiger partial charge in [-0.2, -0.15) is 0 Å². The fourth-order valence-electron chi connectivity index (χ4n) is 1.38. The first kappa shape index (κ1) is 12.1. The van der Waals surface area contributed by atoms with Gasteiger partial charge in [-0.05, 0) is 35.9 Å². The van der Waals surface area contributed by atoms with Crippen LogP contribution in [0.4, 0.5) is 5.69 Å². The van der Waals surface area contributed by atoms with E-state index in [0.29, 0.717) is 28.1 Å². The molecule has 0 saturated heterocycles. The summed E-state index contributed by atoms with van der Waals surface area (Å²) in [6, 6.07) is 12.6. The first-order valence-corrected chi connectivity index (χ1v) is 5.83. The molecule has 0 aliphatic rings. The number of anilines is 1. The Morgan fingerprint density at radius 3 is 2.35 bits per heavy atom. The lowest BCUT2D eigenvalue weighted by Crippen LogP contribution is -1.96. The Bertz CT molecular complexity index is 511. The maximum absolute atomic E-state index is 5.99. The standard InChI is InChI=1S/C13H11Cl2NO/c14-10-3-1-9(2-4-10)8-17-13-6-5-11(16)7-12(13)15/h1-7H,8,16H2. The van der Waals surface area contributed by atoms with Crippen LogP contribution in [0.15, 0.2) is 42.5 Å². The molecular weight excluding hydrogens is 257 g/mol. The zero-order valence-electron chi connectivity index (χ0n) is 8.99. The number of hydrogen-bond acceptors (Lipinski definition) is 2. The van der Waals surface area contributed by atoms with Gasteiger partial charge in [0.1, 0.15) is 12.4 Å². The van der Waals surface area contributed by atoms with Crippen molar-refractivity contribution in [1.82, 2.24) is 0 Å². The van der Waals surface area contributed by atoms with Crippen LogP contribution in [-0.4, -0.2) is 0 Å². The third kappa shape index (κ3) is 3.29. The lowest BCUT2D eigenvalue weighted by atomic mass is 10.2. The quantitative estimate of drug-likeness (QED) is 0.848. The van der Waals surface area contributed by atoms with Crippen LogP contribution in [0.25, 0.3) is 0 Å². The average molecular weight is 268 g/mol. The first-order valence-electron chi connectivity index (χ1n) is 5.07. The number of nitrogens with two attached hydrogens (primary N) is 1. The summed E-state index contributed by atoms with van der Waals surface area (Å²) >= 11 is 11.8. The van der Waals surface area contributed by atoms with Gasteiger partial charge in [0.25, 0.3) is 0 Å². The van der Waals surface area contributed by atoms with Crippen molar-refractivity contribution in [3.8, 4) is 5.75 Å². The van der Waals surface area contributed by atoms with Crippen LogP contribution in [0, 0.1) is 0 Å². The molecule has 0 bridgehead atoms. The largest absolute Gasteiger partial charge is 0.487 e. The number of benzene rings is 2. The van der Waals surface area contributed by atoms with Crippen LogP contribution in [-0.2, 0) is 6.61 Å². The van der Waals surface area contributed by atoms with Crippen LogP contribution in [0.5, 0.6) is 5.75 Å². The number of halogens is 2. The van der Waals surface area contributed by atoms with Crippen LogP contribution in [0.3, 0.4) is 0 Å². The highest BCUT2D eigenvalue weighted by molar-refractivity contribution is 6.32. The zero-order chi connectivity index (χ0) is 12.3. The van der Waals surface area contributed by atoms with E-state index in [4.69, 9.17) is 33.7 Å². The summed E-state index contributed by atoms with van der Waals surface area (Å²) in [5.74, 6) is 0.621. The monoisotopic (exact) mass is 267 g/mol. The minimum absolute atomic E-state index is 0.445. The van der Waals surface area contributed by atoms with E-state index in [1.54, 1.807) is 18.2 Å². The van der Waals surface area contributed by atoms with E-state index in [9.17, 15) is 0 Å². The molecule has 2 nitrogen and oxygen atoms in total. The Labute approximate surface area is 110 Å². The Morgan fingerprint density at radius 2 is 1.71 bits per heavy atom. The van der Waals surface area contributed by atoms with Gasteiger partial charge in [-0.1, -0.05) is 35.3 Å². The first-order chi connectivity index (χ1) is 8.15. The lowest BCUT2D eigenvalue weighted by Gasteiger charge is -2.08. The second kappa shape index (κ2) is 5.30. The molecule has 4 heteroatoms. The van der Waals surface area contributed by atoms with Gasteiger partial charge in [-0.25, -0.2) is 0 Å². The number of ether oxygens (including phenoxy) is 1. The zero-order valence-corrected chi connectivity index (χ0v) is 10.5. The molecule has 0 atom stereocenters. The van der Waals surface area contributed by atoms with Crippen LogP contribution >= 0.6 is 23.2 Å². The minimum atomic E-state index is 0.445. The van der Waals surface area contributed by atoms with Crippen LogP contribution in [0.2, 0.25) is 10.0 Å². The Kier molecular flexibility index (Phi) is 3.77. The van der Waals surface area contributed by atoms with E-state index < -0.39 is 0 Å². The molecule has 0 heterocycles. The third-order valence-corrected chi connectivity index (χ3v) is 2.81. The van der Waals surface area contributed by atoms with E-state index in [-0.39, 0.29) is 0 Å². The van der Waals surface area contributed by atoms with Crippen molar-refractivity contribution in [3.63, 3.8) is 0 Å². The van der Waals surface area contributed by atoms with E-state index >= 15 is 0 Å². The van der Waals surface area contributed by atoms with Crippen molar-refractivity contribution in [1.29, 1.82) is 0 Å². The molecule has 2 rings (SSSR count). The predicted molar refractivity (Wildman–Crippen MR) is 71.6 cm³/mol. The highest BCUT2D eigenvalue weighted by Gasteiger charge is 2.02. The average Bonchev–Trinajstić information content (AvgIpc) is 2.30. The highest BCUT2D eigenvalue weighted by Crippen LogP contribution is 2.27. The van der Waals surface area contributed by atoms with Gasteiger partial charge in [0.2, 0.25) is 0 Å². The molecule has 88 valence electrons. The summed E-state index contributed by atoms with van der Waals surface area (Å²) in [5, 5.41) is 1.22. The van der Waals surface area contributed by atoms with Gasteiger partial charge < -0.3 is 10.5 Å². The van der Waals surface area contributed by atoms with Crippen molar-refractivity contribution in [3.05, 3.63) is 58.1 Å². The van der Waals surface area contributed by atoms with Gasteiger partial charge >= 0.3 is 0 Å².